The van der Waals surface area contributed by atoms with E-state index in [-0.39, 0.29) is 11.9 Å². The first-order valence-corrected chi connectivity index (χ1v) is 7.65. The molecule has 4 atom stereocenters. The number of carbonyl (C=O) groups excluding carboxylic acids is 1. The minimum absolute atomic E-state index is 0.239. The van der Waals surface area contributed by atoms with Crippen LogP contribution in [-0.2, 0) is 4.79 Å². The van der Waals surface area contributed by atoms with Gasteiger partial charge in [0.1, 0.15) is 0 Å². The molecule has 1 saturated heterocycles. The molecule has 2 rings (SSSR count). The summed E-state index contributed by atoms with van der Waals surface area (Å²) in [5, 5.41) is 3.35. The van der Waals surface area contributed by atoms with Gasteiger partial charge in [-0.05, 0) is 59.3 Å². The van der Waals surface area contributed by atoms with Gasteiger partial charge in [0, 0.05) is 24.7 Å². The highest BCUT2D eigenvalue weighted by Crippen LogP contribution is 2.39. The third-order valence-electron chi connectivity index (χ3n) is 4.87. The van der Waals surface area contributed by atoms with Crippen molar-refractivity contribution in [1.82, 2.24) is 10.2 Å². The molecular formula is C15H29N3O. The maximum atomic E-state index is 11.8. The predicted molar refractivity (Wildman–Crippen MR) is 77.8 cm³/mol. The molecular weight excluding hydrogens is 238 g/mol. The van der Waals surface area contributed by atoms with E-state index in [4.69, 9.17) is 5.73 Å². The van der Waals surface area contributed by atoms with E-state index in [0.29, 0.717) is 6.04 Å². The summed E-state index contributed by atoms with van der Waals surface area (Å²) < 4.78 is 0. The first kappa shape index (κ1) is 14.8. The van der Waals surface area contributed by atoms with Crippen molar-refractivity contribution in [2.24, 2.45) is 11.7 Å². The summed E-state index contributed by atoms with van der Waals surface area (Å²) in [5.74, 6) is 0.655. The number of nitrogens with one attached hydrogen (secondary N) is 1. The van der Waals surface area contributed by atoms with E-state index in [2.05, 4.69) is 31.0 Å². The van der Waals surface area contributed by atoms with Crippen molar-refractivity contribution in [2.75, 3.05) is 6.54 Å². The minimum atomic E-state index is -0.602. The van der Waals surface area contributed by atoms with Crippen LogP contribution in [0.2, 0.25) is 0 Å². The Hall–Kier alpha value is -0.610. The van der Waals surface area contributed by atoms with Crippen molar-refractivity contribution >= 4 is 5.91 Å². The molecule has 0 radical (unpaired) electrons. The predicted octanol–water partition coefficient (Wildman–Crippen LogP) is 1.49. The summed E-state index contributed by atoms with van der Waals surface area (Å²) in [6, 6.07) is 1.43. The fourth-order valence-electron chi connectivity index (χ4n) is 4.08. The van der Waals surface area contributed by atoms with Crippen LogP contribution in [0.5, 0.6) is 0 Å². The Kier molecular flexibility index (Phi) is 4.21. The molecule has 0 aromatic heterocycles. The van der Waals surface area contributed by atoms with E-state index >= 15 is 0 Å². The summed E-state index contributed by atoms with van der Waals surface area (Å²) in [5.41, 5.74) is 5.02. The lowest BCUT2D eigenvalue weighted by molar-refractivity contribution is -0.125. The number of nitrogens with zero attached hydrogens (tertiary/aromatic N) is 1. The van der Waals surface area contributed by atoms with Crippen LogP contribution in [0, 0.1) is 5.92 Å². The Balaban J connectivity index is 1.99. The first-order valence-electron chi connectivity index (χ1n) is 7.65. The third-order valence-corrected chi connectivity index (χ3v) is 4.87. The zero-order valence-corrected chi connectivity index (χ0v) is 12.8. The lowest BCUT2D eigenvalue weighted by Crippen LogP contribution is -2.58. The highest BCUT2D eigenvalue weighted by molar-refractivity contribution is 5.84. The Bertz CT molecular complexity index is 344. The fourth-order valence-corrected chi connectivity index (χ4v) is 4.08. The highest BCUT2D eigenvalue weighted by Gasteiger charge is 2.42. The second kappa shape index (κ2) is 5.41. The number of hydrogen-bond donors (Lipinski definition) is 2. The molecule has 1 aliphatic heterocycles. The van der Waals surface area contributed by atoms with E-state index in [1.54, 1.807) is 0 Å². The van der Waals surface area contributed by atoms with Crippen molar-refractivity contribution in [3.8, 4) is 0 Å². The Morgan fingerprint density at radius 3 is 2.53 bits per heavy atom. The molecule has 2 aliphatic rings. The van der Waals surface area contributed by atoms with E-state index in [9.17, 15) is 4.79 Å². The Morgan fingerprint density at radius 1 is 1.42 bits per heavy atom. The quantitative estimate of drug-likeness (QED) is 0.766. The van der Waals surface area contributed by atoms with Crippen molar-refractivity contribution in [1.29, 1.82) is 0 Å². The standard InChI is InChI=1S/C15H29N3O/c1-10(2)17-15(4,14(16)19)8-11(3)18-9-12-5-6-13(18)7-12/h10-13,17H,5-9H2,1-4H3,(H2,16,19). The molecule has 3 N–H and O–H groups in total. The summed E-state index contributed by atoms with van der Waals surface area (Å²) in [4.78, 5) is 14.4. The summed E-state index contributed by atoms with van der Waals surface area (Å²) in [7, 11) is 0. The Labute approximate surface area is 117 Å². The monoisotopic (exact) mass is 267 g/mol. The first-order chi connectivity index (χ1) is 8.82. The van der Waals surface area contributed by atoms with Gasteiger partial charge in [-0.2, -0.15) is 0 Å². The van der Waals surface area contributed by atoms with Crippen molar-refractivity contribution < 1.29 is 4.79 Å². The van der Waals surface area contributed by atoms with Gasteiger partial charge >= 0.3 is 0 Å². The third kappa shape index (κ3) is 3.11. The molecule has 0 aromatic carbocycles. The second-order valence-electron chi connectivity index (χ2n) is 7.08. The number of rotatable bonds is 6. The van der Waals surface area contributed by atoms with Crippen LogP contribution in [0.4, 0.5) is 0 Å². The summed E-state index contributed by atoms with van der Waals surface area (Å²) in [6.45, 7) is 9.51. The number of carbonyl (C=O) groups is 1. The molecule has 1 saturated carbocycles. The molecule has 0 spiro atoms. The molecule has 1 aliphatic carbocycles. The van der Waals surface area contributed by atoms with Crippen LogP contribution in [0.3, 0.4) is 0 Å². The van der Waals surface area contributed by atoms with Gasteiger partial charge in [-0.15, -0.1) is 0 Å². The SMILES string of the molecule is CC(C)NC(C)(CC(C)N1CC2CCC1C2)C(N)=O. The number of piperidine rings is 1. The van der Waals surface area contributed by atoms with Gasteiger partial charge in [-0.3, -0.25) is 9.69 Å². The van der Waals surface area contributed by atoms with Gasteiger partial charge < -0.3 is 11.1 Å². The van der Waals surface area contributed by atoms with Gasteiger partial charge in [0.25, 0.3) is 0 Å². The molecule has 4 nitrogen and oxygen atoms in total. The zero-order chi connectivity index (χ0) is 14.2. The number of likely N-dealkylation sites (tertiary alicyclic amines) is 1. The van der Waals surface area contributed by atoms with Crippen molar-refractivity contribution in [2.45, 2.75) is 77.0 Å². The molecule has 1 heterocycles. The number of primary amides is 1. The maximum absolute atomic E-state index is 11.8. The second-order valence-corrected chi connectivity index (χ2v) is 7.08. The summed E-state index contributed by atoms with van der Waals surface area (Å²) in [6.07, 6.45) is 4.88. The topological polar surface area (TPSA) is 58.4 Å². The maximum Gasteiger partial charge on any atom is 0.237 e. The van der Waals surface area contributed by atoms with Gasteiger partial charge in [0.15, 0.2) is 0 Å². The van der Waals surface area contributed by atoms with Gasteiger partial charge in [0.2, 0.25) is 5.91 Å². The van der Waals surface area contributed by atoms with Gasteiger partial charge in [0.05, 0.1) is 5.54 Å². The van der Waals surface area contributed by atoms with E-state index in [1.165, 1.54) is 25.8 Å². The van der Waals surface area contributed by atoms with Crippen molar-refractivity contribution in [3.05, 3.63) is 0 Å². The highest BCUT2D eigenvalue weighted by atomic mass is 16.1. The van der Waals surface area contributed by atoms with Crippen LogP contribution in [0.15, 0.2) is 0 Å². The van der Waals surface area contributed by atoms with Gasteiger partial charge in [-0.25, -0.2) is 0 Å². The molecule has 0 aromatic rings. The van der Waals surface area contributed by atoms with E-state index < -0.39 is 5.54 Å². The number of hydrogen-bond acceptors (Lipinski definition) is 3. The van der Waals surface area contributed by atoms with Gasteiger partial charge in [-0.1, -0.05) is 0 Å². The smallest absolute Gasteiger partial charge is 0.237 e. The molecule has 1 amide bonds. The van der Waals surface area contributed by atoms with Crippen LogP contribution >= 0.6 is 0 Å². The molecule has 4 heteroatoms. The molecule has 2 fully saturated rings. The number of amides is 1. The van der Waals surface area contributed by atoms with Crippen LogP contribution < -0.4 is 11.1 Å². The van der Waals surface area contributed by atoms with E-state index in [0.717, 1.165) is 18.4 Å². The van der Waals surface area contributed by atoms with Crippen LogP contribution in [0.1, 0.15) is 53.4 Å². The number of nitrogens with two attached hydrogens (primary N) is 1. The molecule has 2 bridgehead atoms. The van der Waals surface area contributed by atoms with Crippen molar-refractivity contribution in [3.63, 3.8) is 0 Å². The van der Waals surface area contributed by atoms with Crippen LogP contribution in [-0.4, -0.2) is 41.0 Å². The average molecular weight is 267 g/mol. The number of fused-ring (bicyclic) bond motifs is 2. The molecule has 4 unspecified atom stereocenters. The minimum Gasteiger partial charge on any atom is -0.368 e. The van der Waals surface area contributed by atoms with E-state index in [1.807, 2.05) is 6.92 Å². The normalized spacial score (nSPS) is 31.6. The average Bonchev–Trinajstić information content (AvgIpc) is 2.88. The Morgan fingerprint density at radius 2 is 2.11 bits per heavy atom. The molecule has 110 valence electrons. The lowest BCUT2D eigenvalue weighted by atomic mass is 9.90. The zero-order valence-electron chi connectivity index (χ0n) is 12.8. The largest absolute Gasteiger partial charge is 0.368 e. The fraction of sp³-hybridized carbons (Fsp3) is 0.933. The molecule has 19 heavy (non-hydrogen) atoms. The van der Waals surface area contributed by atoms with Crippen LogP contribution in [0.25, 0.3) is 0 Å². The summed E-state index contributed by atoms with van der Waals surface area (Å²) >= 11 is 0. The lowest BCUT2D eigenvalue weighted by Gasteiger charge is -2.38.